The number of nitrogens with zero attached hydrogens (tertiary/aromatic N) is 1. The van der Waals surface area contributed by atoms with E-state index in [0.717, 1.165) is 49.5 Å². The van der Waals surface area contributed by atoms with Crippen molar-refractivity contribution in [2.45, 2.75) is 32.4 Å². The standard InChI is InChI=1S/C23H29FN2O3/c1-17(16-29-22-9-7-21(28-2)8-10-22)25-23(27)19-11-13-26(14-12-19)15-18-3-5-20(24)6-4-18/h3-10,17,19H,11-16H2,1-2H3,(H,25,27)/t17-/m0/s1. The molecule has 1 atom stereocenters. The zero-order valence-corrected chi connectivity index (χ0v) is 17.1. The number of piperidine rings is 1. The van der Waals surface area contributed by atoms with E-state index in [1.165, 1.54) is 12.1 Å². The van der Waals surface area contributed by atoms with E-state index < -0.39 is 0 Å². The molecule has 0 spiro atoms. The predicted molar refractivity (Wildman–Crippen MR) is 110 cm³/mol. The van der Waals surface area contributed by atoms with Crippen molar-refractivity contribution in [1.82, 2.24) is 10.2 Å². The SMILES string of the molecule is COc1ccc(OC[C@H](C)NC(=O)C2CCN(Cc3ccc(F)cc3)CC2)cc1. The summed E-state index contributed by atoms with van der Waals surface area (Å²) in [6, 6.07) is 13.9. The van der Waals surface area contributed by atoms with Crippen molar-refractivity contribution in [2.75, 3.05) is 26.8 Å². The topological polar surface area (TPSA) is 50.8 Å². The van der Waals surface area contributed by atoms with Crippen LogP contribution in [-0.4, -0.2) is 43.7 Å². The van der Waals surface area contributed by atoms with Gasteiger partial charge >= 0.3 is 0 Å². The number of benzene rings is 2. The van der Waals surface area contributed by atoms with Gasteiger partial charge in [0, 0.05) is 12.5 Å². The van der Waals surface area contributed by atoms with Crippen LogP contribution in [0.3, 0.4) is 0 Å². The molecule has 3 rings (SSSR count). The first kappa shape index (κ1) is 21.1. The smallest absolute Gasteiger partial charge is 0.223 e. The number of ether oxygens (including phenoxy) is 2. The summed E-state index contributed by atoms with van der Waals surface area (Å²) >= 11 is 0. The molecule has 0 saturated carbocycles. The Bertz CT molecular complexity index is 772. The number of amides is 1. The fraction of sp³-hybridized carbons (Fsp3) is 0.435. The van der Waals surface area contributed by atoms with Crippen LogP contribution in [-0.2, 0) is 11.3 Å². The number of methoxy groups -OCH3 is 1. The molecule has 5 nitrogen and oxygen atoms in total. The minimum atomic E-state index is -0.214. The van der Waals surface area contributed by atoms with Crippen molar-refractivity contribution in [1.29, 1.82) is 0 Å². The van der Waals surface area contributed by atoms with Crippen LogP contribution in [0.4, 0.5) is 4.39 Å². The lowest BCUT2D eigenvalue weighted by Crippen LogP contribution is -2.44. The largest absolute Gasteiger partial charge is 0.497 e. The van der Waals surface area contributed by atoms with Crippen LogP contribution in [0.25, 0.3) is 0 Å². The molecule has 156 valence electrons. The van der Waals surface area contributed by atoms with Gasteiger partial charge in [0.15, 0.2) is 0 Å². The van der Waals surface area contributed by atoms with E-state index in [9.17, 15) is 9.18 Å². The molecule has 1 aliphatic heterocycles. The fourth-order valence-corrected chi connectivity index (χ4v) is 3.50. The fourth-order valence-electron chi connectivity index (χ4n) is 3.50. The molecule has 1 heterocycles. The van der Waals surface area contributed by atoms with E-state index in [1.54, 1.807) is 7.11 Å². The molecule has 29 heavy (non-hydrogen) atoms. The number of halogens is 1. The van der Waals surface area contributed by atoms with Gasteiger partial charge in [-0.05, 0) is 74.8 Å². The number of likely N-dealkylation sites (tertiary alicyclic amines) is 1. The van der Waals surface area contributed by atoms with Crippen LogP contribution < -0.4 is 14.8 Å². The summed E-state index contributed by atoms with van der Waals surface area (Å²) in [5.41, 5.74) is 1.10. The van der Waals surface area contributed by atoms with Gasteiger partial charge in [-0.3, -0.25) is 9.69 Å². The Kier molecular flexibility index (Phi) is 7.47. The van der Waals surface area contributed by atoms with E-state index in [2.05, 4.69) is 10.2 Å². The van der Waals surface area contributed by atoms with Crippen LogP contribution in [0.5, 0.6) is 11.5 Å². The van der Waals surface area contributed by atoms with Crippen molar-refractivity contribution in [3.8, 4) is 11.5 Å². The lowest BCUT2D eigenvalue weighted by atomic mass is 9.95. The minimum Gasteiger partial charge on any atom is -0.497 e. The third-order valence-electron chi connectivity index (χ3n) is 5.23. The van der Waals surface area contributed by atoms with E-state index >= 15 is 0 Å². The second kappa shape index (κ2) is 10.3. The number of rotatable bonds is 8. The number of nitrogens with one attached hydrogen (secondary N) is 1. The normalized spacial score (nSPS) is 16.2. The quantitative estimate of drug-likeness (QED) is 0.735. The van der Waals surface area contributed by atoms with E-state index in [4.69, 9.17) is 9.47 Å². The first-order valence-electron chi connectivity index (χ1n) is 10.1. The van der Waals surface area contributed by atoms with Crippen molar-refractivity contribution in [2.24, 2.45) is 5.92 Å². The highest BCUT2D eigenvalue weighted by Crippen LogP contribution is 2.20. The van der Waals surface area contributed by atoms with Gasteiger partial charge in [-0.25, -0.2) is 4.39 Å². The molecule has 1 aliphatic rings. The highest BCUT2D eigenvalue weighted by molar-refractivity contribution is 5.79. The zero-order valence-electron chi connectivity index (χ0n) is 17.1. The molecule has 1 saturated heterocycles. The molecule has 6 heteroatoms. The highest BCUT2D eigenvalue weighted by Gasteiger charge is 2.25. The average molecular weight is 400 g/mol. The third-order valence-corrected chi connectivity index (χ3v) is 5.23. The Hall–Kier alpha value is -2.60. The first-order valence-corrected chi connectivity index (χ1v) is 10.1. The Morgan fingerprint density at radius 3 is 2.34 bits per heavy atom. The molecule has 0 unspecified atom stereocenters. The van der Waals surface area contributed by atoms with Crippen LogP contribution >= 0.6 is 0 Å². The minimum absolute atomic E-state index is 0.0305. The van der Waals surface area contributed by atoms with Crippen molar-refractivity contribution in [3.63, 3.8) is 0 Å². The molecular weight excluding hydrogens is 371 g/mol. The average Bonchev–Trinajstić information content (AvgIpc) is 2.75. The van der Waals surface area contributed by atoms with E-state index in [0.29, 0.717) is 6.61 Å². The Labute approximate surface area is 171 Å². The summed E-state index contributed by atoms with van der Waals surface area (Å²) in [5, 5.41) is 3.06. The van der Waals surface area contributed by atoms with Gasteiger partial charge in [-0.15, -0.1) is 0 Å². The summed E-state index contributed by atoms with van der Waals surface area (Å²) < 4.78 is 23.9. The third kappa shape index (κ3) is 6.46. The molecular formula is C23H29FN2O3. The van der Waals surface area contributed by atoms with Crippen LogP contribution in [0.1, 0.15) is 25.3 Å². The molecule has 0 aliphatic carbocycles. The molecule has 1 fully saturated rings. The van der Waals surface area contributed by atoms with Gasteiger partial charge in [0.05, 0.1) is 13.2 Å². The van der Waals surface area contributed by atoms with Gasteiger partial charge in [0.2, 0.25) is 5.91 Å². The summed E-state index contributed by atoms with van der Waals surface area (Å²) in [6.45, 7) is 4.89. The second-order valence-corrected chi connectivity index (χ2v) is 7.57. The molecule has 1 amide bonds. The van der Waals surface area contributed by atoms with E-state index in [1.807, 2.05) is 43.3 Å². The number of carbonyl (C=O) groups is 1. The summed E-state index contributed by atoms with van der Waals surface area (Å²) in [5.74, 6) is 1.44. The van der Waals surface area contributed by atoms with Gasteiger partial charge in [0.1, 0.15) is 23.9 Å². The number of hydrogen-bond acceptors (Lipinski definition) is 4. The highest BCUT2D eigenvalue weighted by atomic mass is 19.1. The maximum absolute atomic E-state index is 13.0. The second-order valence-electron chi connectivity index (χ2n) is 7.57. The van der Waals surface area contributed by atoms with E-state index in [-0.39, 0.29) is 23.7 Å². The Balaban J connectivity index is 1.37. The maximum Gasteiger partial charge on any atom is 0.223 e. The summed E-state index contributed by atoms with van der Waals surface area (Å²) in [7, 11) is 1.63. The van der Waals surface area contributed by atoms with Crippen molar-refractivity contribution < 1.29 is 18.7 Å². The van der Waals surface area contributed by atoms with Gasteiger partial charge < -0.3 is 14.8 Å². The van der Waals surface area contributed by atoms with Crippen molar-refractivity contribution in [3.05, 3.63) is 59.9 Å². The first-order chi connectivity index (χ1) is 14.0. The summed E-state index contributed by atoms with van der Waals surface area (Å²) in [6.07, 6.45) is 1.66. The molecule has 0 aromatic heterocycles. The summed E-state index contributed by atoms with van der Waals surface area (Å²) in [4.78, 5) is 14.9. The van der Waals surface area contributed by atoms with Crippen LogP contribution in [0.15, 0.2) is 48.5 Å². The molecule has 0 bridgehead atoms. The number of hydrogen-bond donors (Lipinski definition) is 1. The Morgan fingerprint density at radius 1 is 1.10 bits per heavy atom. The lowest BCUT2D eigenvalue weighted by molar-refractivity contribution is -0.127. The number of carbonyl (C=O) groups excluding carboxylic acids is 1. The van der Waals surface area contributed by atoms with Gasteiger partial charge in [0.25, 0.3) is 0 Å². The van der Waals surface area contributed by atoms with Crippen molar-refractivity contribution >= 4 is 5.91 Å². The van der Waals surface area contributed by atoms with Gasteiger partial charge in [-0.1, -0.05) is 12.1 Å². The zero-order chi connectivity index (χ0) is 20.6. The lowest BCUT2D eigenvalue weighted by Gasteiger charge is -2.31. The molecule has 2 aromatic rings. The Morgan fingerprint density at radius 2 is 1.72 bits per heavy atom. The maximum atomic E-state index is 13.0. The molecule has 0 radical (unpaired) electrons. The van der Waals surface area contributed by atoms with Gasteiger partial charge in [-0.2, -0.15) is 0 Å². The molecule has 1 N–H and O–H groups in total. The van der Waals surface area contributed by atoms with Crippen LogP contribution in [0, 0.1) is 11.7 Å². The predicted octanol–water partition coefficient (Wildman–Crippen LogP) is 3.63. The molecule has 2 aromatic carbocycles. The monoisotopic (exact) mass is 400 g/mol. The van der Waals surface area contributed by atoms with Crippen LogP contribution in [0.2, 0.25) is 0 Å².